The van der Waals surface area contributed by atoms with Gasteiger partial charge in [0.05, 0.1) is 6.54 Å². The molecule has 3 nitrogen and oxygen atoms in total. The maximum atomic E-state index is 5.90. The van der Waals surface area contributed by atoms with Gasteiger partial charge in [-0.2, -0.15) is 0 Å². The van der Waals surface area contributed by atoms with Crippen LogP contribution in [0.4, 0.5) is 0 Å². The van der Waals surface area contributed by atoms with E-state index in [1.807, 2.05) is 0 Å². The van der Waals surface area contributed by atoms with Crippen molar-refractivity contribution in [3.8, 4) is 0 Å². The molecule has 1 unspecified atom stereocenters. The van der Waals surface area contributed by atoms with Crippen LogP contribution in [0.15, 0.2) is 4.99 Å². The molecule has 86 valence electrons. The van der Waals surface area contributed by atoms with Crippen molar-refractivity contribution >= 4 is 5.90 Å². The normalized spacial score (nSPS) is 27.5. The number of nitrogens with two attached hydrogens (primary N) is 1. The van der Waals surface area contributed by atoms with Gasteiger partial charge >= 0.3 is 0 Å². The molecule has 2 aliphatic rings. The van der Waals surface area contributed by atoms with Gasteiger partial charge in [0.2, 0.25) is 0 Å². The van der Waals surface area contributed by atoms with E-state index in [4.69, 9.17) is 10.5 Å². The Morgan fingerprint density at radius 2 is 2.07 bits per heavy atom. The van der Waals surface area contributed by atoms with Crippen LogP contribution in [0, 0.1) is 5.92 Å². The number of hydrogen-bond donors (Lipinski definition) is 1. The highest BCUT2D eigenvalue weighted by atomic mass is 16.5. The Morgan fingerprint density at radius 3 is 2.80 bits per heavy atom. The van der Waals surface area contributed by atoms with E-state index < -0.39 is 0 Å². The zero-order chi connectivity index (χ0) is 10.5. The zero-order valence-corrected chi connectivity index (χ0v) is 9.45. The van der Waals surface area contributed by atoms with Crippen LogP contribution in [0.3, 0.4) is 0 Å². The van der Waals surface area contributed by atoms with Crippen molar-refractivity contribution in [2.24, 2.45) is 16.6 Å². The zero-order valence-electron chi connectivity index (χ0n) is 9.45. The summed E-state index contributed by atoms with van der Waals surface area (Å²) in [6.07, 6.45) is 9.15. The summed E-state index contributed by atoms with van der Waals surface area (Å²) in [6, 6.07) is 0. The summed E-state index contributed by atoms with van der Waals surface area (Å²) >= 11 is 0. The number of hydrogen-bond acceptors (Lipinski definition) is 3. The molecule has 1 fully saturated rings. The number of rotatable bonds is 4. The lowest BCUT2D eigenvalue weighted by molar-refractivity contribution is 0.120. The highest BCUT2D eigenvalue weighted by molar-refractivity contribution is 5.77. The van der Waals surface area contributed by atoms with Crippen molar-refractivity contribution in [2.75, 3.05) is 13.1 Å². The average molecular weight is 210 g/mol. The second-order valence-electron chi connectivity index (χ2n) is 4.68. The quantitative estimate of drug-likeness (QED) is 0.772. The lowest BCUT2D eigenvalue weighted by Crippen LogP contribution is -2.26. The van der Waals surface area contributed by atoms with Crippen molar-refractivity contribution in [3.63, 3.8) is 0 Å². The largest absolute Gasteiger partial charge is 0.475 e. The molecule has 1 aliphatic heterocycles. The Kier molecular flexibility index (Phi) is 4.01. The van der Waals surface area contributed by atoms with E-state index in [2.05, 4.69) is 4.99 Å². The minimum absolute atomic E-state index is 0.387. The van der Waals surface area contributed by atoms with Gasteiger partial charge in [0, 0.05) is 6.42 Å². The summed E-state index contributed by atoms with van der Waals surface area (Å²) in [6.45, 7) is 1.63. The second kappa shape index (κ2) is 5.50. The minimum atomic E-state index is 0.387. The molecule has 0 amide bonds. The smallest absolute Gasteiger partial charge is 0.183 e. The van der Waals surface area contributed by atoms with E-state index in [1.54, 1.807) is 0 Å². The van der Waals surface area contributed by atoms with Gasteiger partial charge in [0.15, 0.2) is 5.90 Å². The van der Waals surface area contributed by atoms with Crippen molar-refractivity contribution in [2.45, 2.75) is 51.0 Å². The molecule has 2 N–H and O–H groups in total. The first kappa shape index (κ1) is 10.9. The molecule has 0 aromatic carbocycles. The second-order valence-corrected chi connectivity index (χ2v) is 4.68. The maximum absolute atomic E-state index is 5.90. The lowest BCUT2D eigenvalue weighted by Gasteiger charge is -2.26. The van der Waals surface area contributed by atoms with E-state index >= 15 is 0 Å². The molecule has 2 rings (SSSR count). The van der Waals surface area contributed by atoms with Crippen molar-refractivity contribution < 1.29 is 4.74 Å². The van der Waals surface area contributed by atoms with Gasteiger partial charge in [-0.25, -0.2) is 0 Å². The van der Waals surface area contributed by atoms with Crippen LogP contribution in [-0.2, 0) is 4.74 Å². The van der Waals surface area contributed by atoms with Gasteiger partial charge in [-0.1, -0.05) is 19.3 Å². The fourth-order valence-corrected chi connectivity index (χ4v) is 2.58. The Balaban J connectivity index is 1.74. The summed E-state index contributed by atoms with van der Waals surface area (Å²) in [4.78, 5) is 4.47. The third kappa shape index (κ3) is 2.94. The van der Waals surface area contributed by atoms with Gasteiger partial charge in [-0.15, -0.1) is 0 Å². The first-order valence-electron chi connectivity index (χ1n) is 6.30. The minimum Gasteiger partial charge on any atom is -0.475 e. The summed E-state index contributed by atoms with van der Waals surface area (Å²) < 4.78 is 5.90. The number of aliphatic imine (C=N–C) groups is 1. The van der Waals surface area contributed by atoms with Crippen LogP contribution >= 0.6 is 0 Å². The van der Waals surface area contributed by atoms with E-state index in [0.717, 1.165) is 37.7 Å². The number of nitrogens with zero attached hydrogens (tertiary/aromatic N) is 1. The van der Waals surface area contributed by atoms with Gasteiger partial charge in [-0.3, -0.25) is 4.99 Å². The van der Waals surface area contributed by atoms with E-state index in [0.29, 0.717) is 6.10 Å². The summed E-state index contributed by atoms with van der Waals surface area (Å²) in [5.41, 5.74) is 5.47. The molecule has 0 saturated heterocycles. The van der Waals surface area contributed by atoms with E-state index in [-0.39, 0.29) is 0 Å². The molecule has 1 saturated carbocycles. The van der Waals surface area contributed by atoms with Crippen LogP contribution in [0.1, 0.15) is 44.9 Å². The highest BCUT2D eigenvalue weighted by Gasteiger charge is 2.29. The van der Waals surface area contributed by atoms with Crippen molar-refractivity contribution in [1.29, 1.82) is 0 Å². The average Bonchev–Trinajstić information content (AvgIpc) is 2.76. The predicted molar refractivity (Wildman–Crippen MR) is 62.0 cm³/mol. The lowest BCUT2D eigenvalue weighted by atomic mass is 9.85. The molecule has 1 heterocycles. The van der Waals surface area contributed by atoms with Gasteiger partial charge < -0.3 is 10.5 Å². The molecule has 0 aromatic rings. The molecular formula is C12H22N2O. The third-order valence-electron chi connectivity index (χ3n) is 3.51. The molecule has 0 spiro atoms. The Morgan fingerprint density at radius 1 is 1.27 bits per heavy atom. The fourth-order valence-electron chi connectivity index (χ4n) is 2.58. The summed E-state index contributed by atoms with van der Waals surface area (Å²) in [5, 5.41) is 0. The molecule has 0 aromatic heterocycles. The Hall–Kier alpha value is -0.570. The summed E-state index contributed by atoms with van der Waals surface area (Å²) in [7, 11) is 0. The van der Waals surface area contributed by atoms with E-state index in [9.17, 15) is 0 Å². The molecule has 15 heavy (non-hydrogen) atoms. The first-order chi connectivity index (χ1) is 7.40. The molecule has 0 radical (unpaired) electrons. The summed E-state index contributed by atoms with van der Waals surface area (Å²) in [5.74, 6) is 1.72. The van der Waals surface area contributed by atoms with E-state index in [1.165, 1.54) is 32.1 Å². The van der Waals surface area contributed by atoms with Gasteiger partial charge in [0.1, 0.15) is 6.10 Å². The molecule has 1 atom stereocenters. The molecule has 3 heteroatoms. The molecule has 1 aliphatic carbocycles. The third-order valence-corrected chi connectivity index (χ3v) is 3.51. The molecular weight excluding hydrogens is 188 g/mol. The van der Waals surface area contributed by atoms with Crippen LogP contribution in [0.5, 0.6) is 0 Å². The monoisotopic (exact) mass is 210 g/mol. The van der Waals surface area contributed by atoms with Crippen molar-refractivity contribution in [1.82, 2.24) is 0 Å². The van der Waals surface area contributed by atoms with Gasteiger partial charge in [-0.05, 0) is 31.7 Å². The Labute approximate surface area is 92.1 Å². The standard InChI is InChI=1S/C12H22N2O/c13-8-4-7-12-14-9-11(15-12)10-5-2-1-3-6-10/h10-11H,1-9,13H2. The van der Waals surface area contributed by atoms with Crippen molar-refractivity contribution in [3.05, 3.63) is 0 Å². The first-order valence-corrected chi connectivity index (χ1v) is 6.30. The topological polar surface area (TPSA) is 47.6 Å². The fraction of sp³-hybridized carbons (Fsp3) is 0.917. The predicted octanol–water partition coefficient (Wildman–Crippen LogP) is 2.10. The van der Waals surface area contributed by atoms with Gasteiger partial charge in [0.25, 0.3) is 0 Å². The molecule has 0 bridgehead atoms. The van der Waals surface area contributed by atoms with Crippen LogP contribution in [0.25, 0.3) is 0 Å². The van der Waals surface area contributed by atoms with Crippen LogP contribution < -0.4 is 5.73 Å². The Bertz CT molecular complexity index is 222. The van der Waals surface area contributed by atoms with Crippen LogP contribution in [-0.4, -0.2) is 25.1 Å². The highest BCUT2D eigenvalue weighted by Crippen LogP contribution is 2.30. The number of ether oxygens (including phenoxy) is 1. The SMILES string of the molecule is NCCCC1=NCC(C2CCCCC2)O1. The maximum Gasteiger partial charge on any atom is 0.183 e. The van der Waals surface area contributed by atoms with Crippen LogP contribution in [0.2, 0.25) is 0 Å².